The van der Waals surface area contributed by atoms with Crippen molar-refractivity contribution < 1.29 is 9.59 Å². The van der Waals surface area contributed by atoms with Gasteiger partial charge >= 0.3 is 6.03 Å². The third-order valence-corrected chi connectivity index (χ3v) is 4.34. The Morgan fingerprint density at radius 1 is 1.29 bits per heavy atom. The SMILES string of the molecule is CCNC(=O)NC1(C(=O)NC(CN)C2CC2)CCCC1.Cl. The largest absolute Gasteiger partial charge is 0.350 e. The molecule has 2 saturated carbocycles. The number of hydrogen-bond donors (Lipinski definition) is 4. The van der Waals surface area contributed by atoms with Crippen molar-refractivity contribution in [2.75, 3.05) is 13.1 Å². The van der Waals surface area contributed by atoms with Gasteiger partial charge in [-0.2, -0.15) is 0 Å². The average Bonchev–Trinajstić information content (AvgIpc) is 3.16. The minimum atomic E-state index is -0.748. The number of urea groups is 1. The summed E-state index contributed by atoms with van der Waals surface area (Å²) in [6.45, 7) is 2.88. The molecule has 2 fully saturated rings. The molecule has 2 rings (SSSR count). The highest BCUT2D eigenvalue weighted by molar-refractivity contribution is 5.91. The lowest BCUT2D eigenvalue weighted by Crippen LogP contribution is -2.61. The third-order valence-electron chi connectivity index (χ3n) is 4.34. The lowest BCUT2D eigenvalue weighted by molar-refractivity contribution is -0.128. The second-order valence-electron chi connectivity index (χ2n) is 5.93. The normalized spacial score (nSPS) is 21.0. The molecule has 1 unspecified atom stereocenters. The van der Waals surface area contributed by atoms with Crippen LogP contribution >= 0.6 is 12.4 Å². The van der Waals surface area contributed by atoms with Crippen LogP contribution in [-0.4, -0.2) is 36.6 Å². The molecule has 0 heterocycles. The van der Waals surface area contributed by atoms with Gasteiger partial charge in [0, 0.05) is 19.1 Å². The fourth-order valence-corrected chi connectivity index (χ4v) is 2.98. The van der Waals surface area contributed by atoms with Crippen LogP contribution in [0.3, 0.4) is 0 Å². The number of nitrogens with one attached hydrogen (secondary N) is 3. The molecule has 0 aliphatic heterocycles. The highest BCUT2D eigenvalue weighted by atomic mass is 35.5. The lowest BCUT2D eigenvalue weighted by Gasteiger charge is -2.31. The van der Waals surface area contributed by atoms with Crippen LogP contribution in [0.4, 0.5) is 4.79 Å². The van der Waals surface area contributed by atoms with Gasteiger partial charge in [-0.15, -0.1) is 12.4 Å². The molecule has 5 N–H and O–H groups in total. The molecule has 21 heavy (non-hydrogen) atoms. The Bertz CT molecular complexity index is 368. The number of carbonyl (C=O) groups is 2. The predicted octanol–water partition coefficient (Wildman–Crippen LogP) is 0.894. The standard InChI is InChI=1S/C14H26N4O2.ClH/c1-2-16-13(20)18-14(7-3-4-8-14)12(19)17-11(9-15)10-5-6-10;/h10-11H,2-9,15H2,1H3,(H,17,19)(H2,16,18,20);1H. The number of nitrogens with two attached hydrogens (primary N) is 1. The summed E-state index contributed by atoms with van der Waals surface area (Å²) in [5.74, 6) is 0.454. The number of rotatable bonds is 6. The van der Waals surface area contributed by atoms with Crippen LogP contribution in [-0.2, 0) is 4.79 Å². The van der Waals surface area contributed by atoms with Crippen molar-refractivity contribution in [1.29, 1.82) is 0 Å². The molecule has 1 atom stereocenters. The number of halogens is 1. The average molecular weight is 319 g/mol. The molecule has 0 aromatic rings. The summed E-state index contributed by atoms with van der Waals surface area (Å²) in [7, 11) is 0. The van der Waals surface area contributed by atoms with E-state index in [-0.39, 0.29) is 30.4 Å². The second kappa shape index (κ2) is 7.84. The van der Waals surface area contributed by atoms with E-state index in [0.29, 0.717) is 31.8 Å². The molecule has 2 aliphatic rings. The van der Waals surface area contributed by atoms with Gasteiger partial charge in [0.1, 0.15) is 5.54 Å². The van der Waals surface area contributed by atoms with Gasteiger partial charge in [-0.1, -0.05) is 12.8 Å². The van der Waals surface area contributed by atoms with Gasteiger partial charge in [0.25, 0.3) is 0 Å². The van der Waals surface area contributed by atoms with Gasteiger partial charge < -0.3 is 21.7 Å². The zero-order valence-electron chi connectivity index (χ0n) is 12.6. The monoisotopic (exact) mass is 318 g/mol. The van der Waals surface area contributed by atoms with Crippen molar-refractivity contribution in [3.63, 3.8) is 0 Å². The zero-order valence-corrected chi connectivity index (χ0v) is 13.4. The molecule has 0 aromatic heterocycles. The van der Waals surface area contributed by atoms with Gasteiger partial charge in [-0.05, 0) is 38.5 Å². The molecular formula is C14H27ClN4O2. The van der Waals surface area contributed by atoms with E-state index in [1.165, 1.54) is 0 Å². The minimum absolute atomic E-state index is 0. The van der Waals surface area contributed by atoms with Crippen molar-refractivity contribution >= 4 is 24.3 Å². The Balaban J connectivity index is 0.00000220. The number of hydrogen-bond acceptors (Lipinski definition) is 3. The molecule has 0 spiro atoms. The maximum atomic E-state index is 12.6. The molecule has 0 radical (unpaired) electrons. The van der Waals surface area contributed by atoms with E-state index in [2.05, 4.69) is 16.0 Å². The van der Waals surface area contributed by atoms with Gasteiger partial charge in [0.05, 0.1) is 0 Å². The van der Waals surface area contributed by atoms with Crippen LogP contribution in [0.2, 0.25) is 0 Å². The fourth-order valence-electron chi connectivity index (χ4n) is 2.98. The van der Waals surface area contributed by atoms with E-state index in [1.54, 1.807) is 0 Å². The molecule has 0 saturated heterocycles. The van der Waals surface area contributed by atoms with Gasteiger partial charge in [-0.25, -0.2) is 4.79 Å². The first-order valence-electron chi connectivity index (χ1n) is 7.68. The quantitative estimate of drug-likeness (QED) is 0.585. The first kappa shape index (κ1) is 18.0. The molecule has 3 amide bonds. The van der Waals surface area contributed by atoms with Crippen LogP contribution < -0.4 is 21.7 Å². The summed E-state index contributed by atoms with van der Waals surface area (Å²) < 4.78 is 0. The molecule has 7 heteroatoms. The molecular weight excluding hydrogens is 292 g/mol. The summed E-state index contributed by atoms with van der Waals surface area (Å²) in [4.78, 5) is 24.4. The van der Waals surface area contributed by atoms with Gasteiger partial charge in [0.2, 0.25) is 5.91 Å². The fraction of sp³-hybridized carbons (Fsp3) is 0.857. The summed E-state index contributed by atoms with van der Waals surface area (Å²) >= 11 is 0. The smallest absolute Gasteiger partial charge is 0.315 e. The topological polar surface area (TPSA) is 96.2 Å². The summed E-state index contributed by atoms with van der Waals surface area (Å²) in [5, 5.41) is 8.63. The Kier molecular flexibility index (Phi) is 6.74. The van der Waals surface area contributed by atoms with E-state index in [0.717, 1.165) is 25.7 Å². The predicted molar refractivity (Wildman–Crippen MR) is 84.4 cm³/mol. The molecule has 2 aliphatic carbocycles. The molecule has 122 valence electrons. The Labute approximate surface area is 132 Å². The zero-order chi connectivity index (χ0) is 14.6. The van der Waals surface area contributed by atoms with Crippen molar-refractivity contribution in [2.24, 2.45) is 11.7 Å². The summed E-state index contributed by atoms with van der Waals surface area (Å²) in [6, 6.07) is -0.212. The highest BCUT2D eigenvalue weighted by Crippen LogP contribution is 2.34. The minimum Gasteiger partial charge on any atom is -0.350 e. The maximum Gasteiger partial charge on any atom is 0.315 e. The van der Waals surface area contributed by atoms with E-state index < -0.39 is 5.54 Å². The first-order valence-corrected chi connectivity index (χ1v) is 7.68. The Morgan fingerprint density at radius 2 is 1.90 bits per heavy atom. The van der Waals surface area contributed by atoms with Crippen molar-refractivity contribution in [1.82, 2.24) is 16.0 Å². The highest BCUT2D eigenvalue weighted by Gasteiger charge is 2.44. The van der Waals surface area contributed by atoms with Crippen LogP contribution in [0.5, 0.6) is 0 Å². The summed E-state index contributed by atoms with van der Waals surface area (Å²) in [5.41, 5.74) is 4.99. The lowest BCUT2D eigenvalue weighted by atomic mass is 9.95. The summed E-state index contributed by atoms with van der Waals surface area (Å²) in [6.07, 6.45) is 5.63. The van der Waals surface area contributed by atoms with Gasteiger partial charge in [0.15, 0.2) is 0 Å². The molecule has 0 bridgehead atoms. The Hall–Kier alpha value is -1.01. The molecule has 0 aromatic carbocycles. The third kappa shape index (κ3) is 4.48. The van der Waals surface area contributed by atoms with E-state index in [9.17, 15) is 9.59 Å². The van der Waals surface area contributed by atoms with Crippen molar-refractivity contribution in [3.05, 3.63) is 0 Å². The second-order valence-corrected chi connectivity index (χ2v) is 5.93. The number of carbonyl (C=O) groups excluding carboxylic acids is 2. The van der Waals surface area contributed by atoms with Crippen LogP contribution in [0, 0.1) is 5.92 Å². The van der Waals surface area contributed by atoms with Crippen LogP contribution in [0.15, 0.2) is 0 Å². The maximum absolute atomic E-state index is 12.6. The van der Waals surface area contributed by atoms with E-state index in [1.807, 2.05) is 6.92 Å². The van der Waals surface area contributed by atoms with Crippen molar-refractivity contribution in [2.45, 2.75) is 57.0 Å². The van der Waals surface area contributed by atoms with Gasteiger partial charge in [-0.3, -0.25) is 4.79 Å². The van der Waals surface area contributed by atoms with E-state index >= 15 is 0 Å². The Morgan fingerprint density at radius 3 is 2.38 bits per heavy atom. The van der Waals surface area contributed by atoms with Crippen molar-refractivity contribution in [3.8, 4) is 0 Å². The van der Waals surface area contributed by atoms with Crippen LogP contribution in [0.25, 0.3) is 0 Å². The van der Waals surface area contributed by atoms with Crippen LogP contribution in [0.1, 0.15) is 45.4 Å². The first-order chi connectivity index (χ1) is 9.61. The molecule has 6 nitrogen and oxygen atoms in total. The number of amides is 3. The van der Waals surface area contributed by atoms with E-state index in [4.69, 9.17) is 5.73 Å².